The Morgan fingerprint density at radius 2 is 1.46 bits per heavy atom. The largest absolute Gasteiger partial charge is 0.497 e. The average Bonchev–Trinajstić information content (AvgIpc) is 3.10. The lowest BCUT2D eigenvalue weighted by Gasteiger charge is -2.05. The highest BCUT2D eigenvalue weighted by Gasteiger charge is 2.13. The van der Waals surface area contributed by atoms with Gasteiger partial charge < -0.3 is 9.47 Å². The minimum Gasteiger partial charge on any atom is -0.497 e. The van der Waals surface area contributed by atoms with Gasteiger partial charge >= 0.3 is 5.56 Å². The Kier molecular flexibility index (Phi) is 4.14. The molecule has 0 spiro atoms. The van der Waals surface area contributed by atoms with E-state index in [0.717, 1.165) is 22.8 Å². The summed E-state index contributed by atoms with van der Waals surface area (Å²) in [6.07, 6.45) is 0. The van der Waals surface area contributed by atoms with E-state index in [1.54, 1.807) is 43.0 Å². The lowest BCUT2D eigenvalue weighted by atomic mass is 10.1. The molecule has 0 aliphatic heterocycles. The van der Waals surface area contributed by atoms with Crippen molar-refractivity contribution in [1.82, 2.24) is 14.6 Å². The molecular formula is C19H15N3O3S. The average molecular weight is 365 g/mol. The Balaban J connectivity index is 1.85. The minimum atomic E-state index is -0.349. The van der Waals surface area contributed by atoms with E-state index in [9.17, 15) is 4.79 Å². The number of fused-ring (bicyclic) bond motifs is 1. The van der Waals surface area contributed by atoms with E-state index in [0.29, 0.717) is 16.2 Å². The summed E-state index contributed by atoms with van der Waals surface area (Å²) in [5.74, 6) is 1.50. The topological polar surface area (TPSA) is 65.7 Å². The summed E-state index contributed by atoms with van der Waals surface area (Å²) < 4.78 is 12.1. The molecule has 0 N–H and O–H groups in total. The molecule has 0 bridgehead atoms. The molecule has 0 atom stereocenters. The van der Waals surface area contributed by atoms with Crippen LogP contribution in [0.5, 0.6) is 11.5 Å². The van der Waals surface area contributed by atoms with Crippen molar-refractivity contribution in [2.75, 3.05) is 14.2 Å². The summed E-state index contributed by atoms with van der Waals surface area (Å²) >= 11 is 1.38. The van der Waals surface area contributed by atoms with Crippen LogP contribution in [0, 0.1) is 0 Å². The van der Waals surface area contributed by atoms with Gasteiger partial charge in [-0.25, -0.2) is 4.52 Å². The number of aromatic nitrogens is 3. The van der Waals surface area contributed by atoms with E-state index in [-0.39, 0.29) is 5.56 Å². The summed E-state index contributed by atoms with van der Waals surface area (Å²) in [4.78, 5) is 17.1. The van der Waals surface area contributed by atoms with Crippen molar-refractivity contribution in [3.8, 4) is 34.0 Å². The standard InChI is InChI=1S/C19H15N3O3S/c1-24-14-7-3-12(4-8-14)16-11-26-19-20-18(23)17(21-22(16)19)13-5-9-15(25-2)10-6-13/h3-11H,1-2H3. The molecule has 0 amide bonds. The molecule has 26 heavy (non-hydrogen) atoms. The van der Waals surface area contributed by atoms with Crippen LogP contribution in [0.3, 0.4) is 0 Å². The summed E-state index contributed by atoms with van der Waals surface area (Å²) in [6.45, 7) is 0. The first-order chi connectivity index (χ1) is 12.7. The first-order valence-electron chi connectivity index (χ1n) is 7.87. The van der Waals surface area contributed by atoms with Gasteiger partial charge in [-0.3, -0.25) is 4.79 Å². The van der Waals surface area contributed by atoms with Gasteiger partial charge in [-0.05, 0) is 48.5 Å². The lowest BCUT2D eigenvalue weighted by molar-refractivity contribution is 0.414. The zero-order chi connectivity index (χ0) is 18.1. The molecule has 2 aromatic heterocycles. The van der Waals surface area contributed by atoms with Gasteiger partial charge in [0, 0.05) is 16.5 Å². The molecule has 0 aliphatic carbocycles. The first-order valence-corrected chi connectivity index (χ1v) is 8.75. The molecule has 0 aliphatic rings. The highest BCUT2D eigenvalue weighted by Crippen LogP contribution is 2.27. The van der Waals surface area contributed by atoms with Crippen molar-refractivity contribution >= 4 is 16.3 Å². The molecule has 2 heterocycles. The van der Waals surface area contributed by atoms with Gasteiger partial charge in [0.05, 0.1) is 19.9 Å². The number of hydrogen-bond acceptors (Lipinski definition) is 6. The first kappa shape index (κ1) is 16.3. The molecule has 4 rings (SSSR count). The fourth-order valence-corrected chi connectivity index (χ4v) is 3.47. The van der Waals surface area contributed by atoms with E-state index < -0.39 is 0 Å². The van der Waals surface area contributed by atoms with Crippen molar-refractivity contribution in [3.05, 3.63) is 64.3 Å². The maximum atomic E-state index is 12.4. The van der Waals surface area contributed by atoms with E-state index in [1.807, 2.05) is 29.6 Å². The predicted octanol–water partition coefficient (Wildman–Crippen LogP) is 3.50. The Labute approximate surface area is 153 Å². The fraction of sp³-hybridized carbons (Fsp3) is 0.105. The van der Waals surface area contributed by atoms with E-state index in [2.05, 4.69) is 10.1 Å². The molecule has 0 fully saturated rings. The zero-order valence-corrected chi connectivity index (χ0v) is 15.0. The molecular weight excluding hydrogens is 350 g/mol. The number of ether oxygens (including phenoxy) is 2. The third-order valence-electron chi connectivity index (χ3n) is 4.03. The second-order valence-corrected chi connectivity index (χ2v) is 6.37. The molecule has 0 radical (unpaired) electrons. The molecule has 7 heteroatoms. The van der Waals surface area contributed by atoms with Gasteiger partial charge in [-0.15, -0.1) is 11.3 Å². The third kappa shape index (κ3) is 2.82. The van der Waals surface area contributed by atoms with Gasteiger partial charge in [-0.1, -0.05) is 0 Å². The number of nitrogens with zero attached hydrogens (tertiary/aromatic N) is 3. The molecule has 6 nitrogen and oxygen atoms in total. The Hall–Kier alpha value is -3.19. The summed E-state index contributed by atoms with van der Waals surface area (Å²) in [6, 6.07) is 14.9. The van der Waals surface area contributed by atoms with Gasteiger partial charge in [0.1, 0.15) is 11.5 Å². The van der Waals surface area contributed by atoms with Crippen molar-refractivity contribution in [3.63, 3.8) is 0 Å². The number of methoxy groups -OCH3 is 2. The minimum absolute atomic E-state index is 0.304. The SMILES string of the molecule is COc1ccc(-c2nn3c(-c4ccc(OC)cc4)csc3nc2=O)cc1. The van der Waals surface area contributed by atoms with E-state index in [1.165, 1.54) is 11.3 Å². The maximum absolute atomic E-state index is 12.4. The predicted molar refractivity (Wildman–Crippen MR) is 101 cm³/mol. The lowest BCUT2D eigenvalue weighted by Crippen LogP contribution is -2.14. The highest BCUT2D eigenvalue weighted by atomic mass is 32.1. The van der Waals surface area contributed by atoms with Gasteiger partial charge in [0.25, 0.3) is 0 Å². The van der Waals surface area contributed by atoms with Crippen LogP contribution in [-0.4, -0.2) is 28.8 Å². The second kappa shape index (κ2) is 6.61. The van der Waals surface area contributed by atoms with Crippen LogP contribution in [0.25, 0.3) is 27.5 Å². The monoisotopic (exact) mass is 365 g/mol. The molecule has 0 saturated carbocycles. The van der Waals surface area contributed by atoms with Gasteiger partial charge in [-0.2, -0.15) is 10.1 Å². The Morgan fingerprint density at radius 3 is 2.04 bits per heavy atom. The van der Waals surface area contributed by atoms with Crippen LogP contribution in [-0.2, 0) is 0 Å². The van der Waals surface area contributed by atoms with Crippen LogP contribution in [0.1, 0.15) is 0 Å². The summed E-state index contributed by atoms with van der Waals surface area (Å²) in [5, 5.41) is 6.50. The van der Waals surface area contributed by atoms with Crippen molar-refractivity contribution < 1.29 is 9.47 Å². The Morgan fingerprint density at radius 1 is 0.885 bits per heavy atom. The van der Waals surface area contributed by atoms with Gasteiger partial charge in [0.15, 0.2) is 5.69 Å². The smallest absolute Gasteiger partial charge is 0.300 e. The van der Waals surface area contributed by atoms with E-state index >= 15 is 0 Å². The molecule has 130 valence electrons. The van der Waals surface area contributed by atoms with Crippen LogP contribution in [0.2, 0.25) is 0 Å². The summed E-state index contributed by atoms with van der Waals surface area (Å²) in [5.41, 5.74) is 2.49. The second-order valence-electron chi connectivity index (χ2n) is 5.54. The highest BCUT2D eigenvalue weighted by molar-refractivity contribution is 7.15. The number of benzene rings is 2. The number of hydrogen-bond donors (Lipinski definition) is 0. The molecule has 0 saturated heterocycles. The van der Waals surface area contributed by atoms with Gasteiger partial charge in [0.2, 0.25) is 4.96 Å². The Bertz CT molecular complexity index is 1120. The van der Waals surface area contributed by atoms with Crippen molar-refractivity contribution in [2.45, 2.75) is 0 Å². The molecule has 0 unspecified atom stereocenters. The van der Waals surface area contributed by atoms with E-state index in [4.69, 9.17) is 9.47 Å². The van der Waals surface area contributed by atoms with Crippen LogP contribution < -0.4 is 15.0 Å². The third-order valence-corrected chi connectivity index (χ3v) is 4.85. The van der Waals surface area contributed by atoms with Crippen LogP contribution in [0.15, 0.2) is 58.7 Å². The fourth-order valence-electron chi connectivity index (χ4n) is 2.65. The normalized spacial score (nSPS) is 10.8. The maximum Gasteiger partial charge on any atom is 0.300 e. The number of rotatable bonds is 4. The zero-order valence-electron chi connectivity index (χ0n) is 14.2. The number of thiazole rings is 1. The molecule has 2 aromatic carbocycles. The summed E-state index contributed by atoms with van der Waals surface area (Å²) in [7, 11) is 3.23. The quantitative estimate of drug-likeness (QED) is 0.554. The van der Waals surface area contributed by atoms with Crippen LogP contribution >= 0.6 is 11.3 Å². The van der Waals surface area contributed by atoms with Crippen molar-refractivity contribution in [2.24, 2.45) is 0 Å². The molecule has 4 aromatic rings. The van der Waals surface area contributed by atoms with Crippen LogP contribution in [0.4, 0.5) is 0 Å². The van der Waals surface area contributed by atoms with Crippen molar-refractivity contribution in [1.29, 1.82) is 0 Å².